The molecule has 0 bridgehead atoms. The summed E-state index contributed by atoms with van der Waals surface area (Å²) in [5, 5.41) is 6.28. The number of hydrogen-bond acceptors (Lipinski definition) is 3. The minimum Gasteiger partial charge on any atom is -0.326 e. The van der Waals surface area contributed by atoms with Crippen molar-refractivity contribution >= 4 is 46.6 Å². The molecule has 1 aliphatic carbocycles. The molecule has 2 aromatic rings. The highest BCUT2D eigenvalue weighted by molar-refractivity contribution is 8.00. The summed E-state index contributed by atoms with van der Waals surface area (Å²) >= 11 is 7.37. The third kappa shape index (κ3) is 5.26. The Bertz CT molecular complexity index is 791. The van der Waals surface area contributed by atoms with Gasteiger partial charge in [0.1, 0.15) is 0 Å². The second kappa shape index (κ2) is 8.60. The summed E-state index contributed by atoms with van der Waals surface area (Å²) in [7, 11) is 0. The van der Waals surface area contributed by atoms with Gasteiger partial charge in [0.2, 0.25) is 11.8 Å². The van der Waals surface area contributed by atoms with Crippen LogP contribution in [0.1, 0.15) is 26.2 Å². The van der Waals surface area contributed by atoms with Crippen molar-refractivity contribution in [2.75, 3.05) is 10.6 Å². The Morgan fingerprint density at radius 1 is 1.12 bits per heavy atom. The number of anilines is 2. The molecular weight excluding hydrogens is 368 g/mol. The molecule has 1 aliphatic rings. The van der Waals surface area contributed by atoms with Crippen LogP contribution in [0.15, 0.2) is 53.4 Å². The second-order valence-electron chi connectivity index (χ2n) is 6.30. The molecular formula is C20H21ClN2O2S. The fourth-order valence-electron chi connectivity index (χ4n) is 2.48. The normalized spacial score (nSPS) is 14.5. The second-order valence-corrected chi connectivity index (χ2v) is 8.01. The number of nitrogens with one attached hydrogen (secondary N) is 2. The van der Waals surface area contributed by atoms with Crippen molar-refractivity contribution in [2.24, 2.45) is 5.92 Å². The summed E-state index contributed by atoms with van der Waals surface area (Å²) in [5.74, 6) is 0.201. The highest BCUT2D eigenvalue weighted by atomic mass is 35.5. The van der Waals surface area contributed by atoms with Crippen LogP contribution in [0.3, 0.4) is 0 Å². The molecule has 6 heteroatoms. The standard InChI is InChI=1S/C20H21ClN2O2S/c1-2-18(20(25)22-15-10-8-14(21)9-11-15)26-17-5-3-4-16(12-17)23-19(24)13-6-7-13/h3-5,8-13,18H,2,6-7H2,1H3,(H,22,25)(H,23,24). The zero-order valence-corrected chi connectivity index (χ0v) is 16.1. The number of amides is 2. The van der Waals surface area contributed by atoms with Crippen LogP contribution in [0, 0.1) is 5.92 Å². The lowest BCUT2D eigenvalue weighted by Gasteiger charge is -2.15. The van der Waals surface area contributed by atoms with Crippen molar-refractivity contribution in [3.8, 4) is 0 Å². The average molecular weight is 389 g/mol. The van der Waals surface area contributed by atoms with Crippen molar-refractivity contribution in [3.63, 3.8) is 0 Å². The quantitative estimate of drug-likeness (QED) is 0.641. The molecule has 2 aromatic carbocycles. The Labute approximate surface area is 162 Å². The molecule has 26 heavy (non-hydrogen) atoms. The van der Waals surface area contributed by atoms with E-state index in [1.165, 1.54) is 11.8 Å². The van der Waals surface area contributed by atoms with E-state index in [0.717, 1.165) is 29.1 Å². The van der Waals surface area contributed by atoms with Crippen LogP contribution in [-0.2, 0) is 9.59 Å². The molecule has 0 aliphatic heterocycles. The van der Waals surface area contributed by atoms with Gasteiger partial charge >= 0.3 is 0 Å². The van der Waals surface area contributed by atoms with E-state index in [0.29, 0.717) is 11.4 Å². The van der Waals surface area contributed by atoms with Crippen LogP contribution >= 0.6 is 23.4 Å². The molecule has 0 aromatic heterocycles. The summed E-state index contributed by atoms with van der Waals surface area (Å²) in [6.07, 6.45) is 2.65. The lowest BCUT2D eigenvalue weighted by molar-refractivity contribution is -0.117. The number of rotatable bonds is 7. The predicted octanol–water partition coefficient (Wildman–Crippen LogP) is 5.20. The molecule has 0 spiro atoms. The topological polar surface area (TPSA) is 58.2 Å². The van der Waals surface area contributed by atoms with Crippen molar-refractivity contribution in [1.29, 1.82) is 0 Å². The van der Waals surface area contributed by atoms with Gasteiger partial charge in [0.05, 0.1) is 5.25 Å². The number of carbonyl (C=O) groups excluding carboxylic acids is 2. The van der Waals surface area contributed by atoms with Gasteiger partial charge in [-0.2, -0.15) is 0 Å². The van der Waals surface area contributed by atoms with E-state index in [2.05, 4.69) is 10.6 Å². The van der Waals surface area contributed by atoms with Gasteiger partial charge in [-0.05, 0) is 61.7 Å². The van der Waals surface area contributed by atoms with Gasteiger partial charge in [0.15, 0.2) is 0 Å². The Balaban J connectivity index is 1.62. The highest BCUT2D eigenvalue weighted by Gasteiger charge is 2.29. The van der Waals surface area contributed by atoms with Gasteiger partial charge in [-0.3, -0.25) is 9.59 Å². The minimum absolute atomic E-state index is 0.0489. The first kappa shape index (κ1) is 18.8. The number of carbonyl (C=O) groups is 2. The third-order valence-electron chi connectivity index (χ3n) is 4.10. The monoisotopic (exact) mass is 388 g/mol. The van der Waals surface area contributed by atoms with Gasteiger partial charge in [0.25, 0.3) is 0 Å². The zero-order chi connectivity index (χ0) is 18.5. The molecule has 2 amide bonds. The van der Waals surface area contributed by atoms with E-state index >= 15 is 0 Å². The summed E-state index contributed by atoms with van der Waals surface area (Å²) < 4.78 is 0. The van der Waals surface area contributed by atoms with E-state index in [-0.39, 0.29) is 23.0 Å². The van der Waals surface area contributed by atoms with E-state index in [4.69, 9.17) is 11.6 Å². The zero-order valence-electron chi connectivity index (χ0n) is 14.5. The fourth-order valence-corrected chi connectivity index (χ4v) is 3.62. The molecule has 1 fully saturated rings. The Morgan fingerprint density at radius 2 is 1.85 bits per heavy atom. The van der Waals surface area contributed by atoms with Gasteiger partial charge in [0, 0.05) is 27.2 Å². The van der Waals surface area contributed by atoms with Gasteiger partial charge in [-0.25, -0.2) is 0 Å². The maximum atomic E-state index is 12.6. The molecule has 1 unspecified atom stereocenters. The van der Waals surface area contributed by atoms with Crippen LogP contribution in [0.5, 0.6) is 0 Å². The SMILES string of the molecule is CCC(Sc1cccc(NC(=O)C2CC2)c1)C(=O)Nc1ccc(Cl)cc1. The Morgan fingerprint density at radius 3 is 2.50 bits per heavy atom. The van der Waals surface area contributed by atoms with Gasteiger partial charge < -0.3 is 10.6 Å². The number of thioether (sulfide) groups is 1. The van der Waals surface area contributed by atoms with Gasteiger partial charge in [-0.15, -0.1) is 11.8 Å². The van der Waals surface area contributed by atoms with Crippen LogP contribution in [-0.4, -0.2) is 17.1 Å². The van der Waals surface area contributed by atoms with Crippen molar-refractivity contribution in [2.45, 2.75) is 36.3 Å². The van der Waals surface area contributed by atoms with E-state index < -0.39 is 0 Å². The maximum absolute atomic E-state index is 12.6. The molecule has 1 saturated carbocycles. The first-order valence-electron chi connectivity index (χ1n) is 8.69. The minimum atomic E-state index is -0.222. The first-order valence-corrected chi connectivity index (χ1v) is 9.95. The summed E-state index contributed by atoms with van der Waals surface area (Å²) in [6, 6.07) is 14.7. The van der Waals surface area contributed by atoms with Crippen molar-refractivity contribution in [3.05, 3.63) is 53.6 Å². The van der Waals surface area contributed by atoms with Crippen LogP contribution in [0.2, 0.25) is 5.02 Å². The molecule has 0 radical (unpaired) electrons. The average Bonchev–Trinajstić information content (AvgIpc) is 3.47. The fraction of sp³-hybridized carbons (Fsp3) is 0.300. The predicted molar refractivity (Wildman–Crippen MR) is 108 cm³/mol. The lowest BCUT2D eigenvalue weighted by atomic mass is 10.2. The number of hydrogen-bond donors (Lipinski definition) is 2. The summed E-state index contributed by atoms with van der Waals surface area (Å²) in [4.78, 5) is 25.4. The van der Waals surface area contributed by atoms with E-state index in [1.54, 1.807) is 24.3 Å². The summed E-state index contributed by atoms with van der Waals surface area (Å²) in [6.45, 7) is 1.98. The summed E-state index contributed by atoms with van der Waals surface area (Å²) in [5.41, 5.74) is 1.50. The molecule has 4 nitrogen and oxygen atoms in total. The molecule has 0 heterocycles. The molecule has 0 saturated heterocycles. The first-order chi connectivity index (χ1) is 12.5. The van der Waals surface area contributed by atoms with Crippen LogP contribution in [0.25, 0.3) is 0 Å². The maximum Gasteiger partial charge on any atom is 0.237 e. The molecule has 2 N–H and O–H groups in total. The Kier molecular flexibility index (Phi) is 6.22. The van der Waals surface area contributed by atoms with E-state index in [9.17, 15) is 9.59 Å². The number of halogens is 1. The molecule has 3 rings (SSSR count). The van der Waals surface area contributed by atoms with Crippen molar-refractivity contribution < 1.29 is 9.59 Å². The number of benzene rings is 2. The van der Waals surface area contributed by atoms with Crippen molar-refractivity contribution in [1.82, 2.24) is 0 Å². The third-order valence-corrected chi connectivity index (χ3v) is 5.71. The van der Waals surface area contributed by atoms with E-state index in [1.807, 2.05) is 31.2 Å². The van der Waals surface area contributed by atoms with Crippen LogP contribution in [0.4, 0.5) is 11.4 Å². The largest absolute Gasteiger partial charge is 0.326 e. The van der Waals surface area contributed by atoms with Gasteiger partial charge in [-0.1, -0.05) is 24.6 Å². The lowest BCUT2D eigenvalue weighted by Crippen LogP contribution is -2.24. The molecule has 1 atom stereocenters. The highest BCUT2D eigenvalue weighted by Crippen LogP contribution is 2.32. The molecule has 136 valence electrons. The van der Waals surface area contributed by atoms with Crippen LogP contribution < -0.4 is 10.6 Å². The smallest absolute Gasteiger partial charge is 0.237 e. The Hall–Kier alpha value is -1.98.